The Bertz CT molecular complexity index is 357. The third kappa shape index (κ3) is 1.47. The molecule has 0 saturated heterocycles. The fourth-order valence-corrected chi connectivity index (χ4v) is 0.866. The topological polar surface area (TPSA) is 110 Å². The summed E-state index contributed by atoms with van der Waals surface area (Å²) in [5, 5.41) is 18.6. The molecule has 1 aromatic rings. The van der Waals surface area contributed by atoms with Crippen molar-refractivity contribution in [2.75, 3.05) is 0 Å². The second-order valence-corrected chi connectivity index (χ2v) is 2.23. The molecule has 0 aliphatic heterocycles. The molecule has 0 bridgehead atoms. The first-order chi connectivity index (χ1) is 6.07. The van der Waals surface area contributed by atoms with Crippen LogP contribution < -0.4 is 5.48 Å². The Morgan fingerprint density at radius 2 is 2.46 bits per heavy atom. The number of carbonyl (C=O) groups excluding carboxylic acids is 1. The molecule has 0 aromatic carbocycles. The van der Waals surface area contributed by atoms with Crippen LogP contribution in [-0.4, -0.2) is 25.6 Å². The van der Waals surface area contributed by atoms with E-state index in [0.29, 0.717) is 0 Å². The Kier molecular flexibility index (Phi) is 2.24. The molecule has 1 aromatic heterocycles. The SMILES string of the molecule is Cn1cnc([N+](=O)[O-])c1C(=O)NO. The van der Waals surface area contributed by atoms with Gasteiger partial charge in [-0.1, -0.05) is 0 Å². The molecule has 0 spiro atoms. The van der Waals surface area contributed by atoms with Crippen LogP contribution in [0.2, 0.25) is 0 Å². The van der Waals surface area contributed by atoms with E-state index in [9.17, 15) is 14.9 Å². The van der Waals surface area contributed by atoms with Crippen molar-refractivity contribution < 1.29 is 14.9 Å². The van der Waals surface area contributed by atoms with E-state index < -0.39 is 16.6 Å². The van der Waals surface area contributed by atoms with Gasteiger partial charge in [-0.15, -0.1) is 0 Å². The molecule has 70 valence electrons. The average Bonchev–Trinajstić information content (AvgIpc) is 2.46. The van der Waals surface area contributed by atoms with Gasteiger partial charge >= 0.3 is 5.82 Å². The van der Waals surface area contributed by atoms with Crippen LogP contribution in [0.25, 0.3) is 0 Å². The molecule has 8 nitrogen and oxygen atoms in total. The van der Waals surface area contributed by atoms with Crippen molar-refractivity contribution in [1.82, 2.24) is 15.0 Å². The largest absolute Gasteiger partial charge is 0.395 e. The molecule has 13 heavy (non-hydrogen) atoms. The number of hydrogen-bond donors (Lipinski definition) is 2. The first kappa shape index (κ1) is 9.13. The Hall–Kier alpha value is -1.96. The standard InChI is InChI=1S/C5H6N4O4/c1-8-2-6-4(9(12)13)3(8)5(10)7-11/h2,11H,1H3,(H,7,10). The molecule has 1 amide bonds. The number of nitrogens with one attached hydrogen (secondary N) is 1. The number of carbonyl (C=O) groups is 1. The molecule has 1 rings (SSSR count). The van der Waals surface area contributed by atoms with Gasteiger partial charge in [-0.2, -0.15) is 0 Å². The molecule has 1 heterocycles. The van der Waals surface area contributed by atoms with E-state index >= 15 is 0 Å². The molecule has 0 atom stereocenters. The third-order valence-electron chi connectivity index (χ3n) is 1.41. The van der Waals surface area contributed by atoms with Crippen molar-refractivity contribution in [3.05, 3.63) is 22.1 Å². The number of hydrogen-bond acceptors (Lipinski definition) is 5. The molecule has 0 aliphatic carbocycles. The number of hydroxylamine groups is 1. The summed E-state index contributed by atoms with van der Waals surface area (Å²) in [4.78, 5) is 23.8. The highest BCUT2D eigenvalue weighted by Crippen LogP contribution is 2.14. The molecule has 0 radical (unpaired) electrons. The minimum Gasteiger partial charge on any atom is -0.358 e. The van der Waals surface area contributed by atoms with E-state index in [1.165, 1.54) is 12.5 Å². The molecule has 0 saturated carbocycles. The van der Waals surface area contributed by atoms with Gasteiger partial charge in [0.2, 0.25) is 12.0 Å². The Morgan fingerprint density at radius 3 is 2.92 bits per heavy atom. The van der Waals surface area contributed by atoms with Gasteiger partial charge in [-0.3, -0.25) is 10.0 Å². The summed E-state index contributed by atoms with van der Waals surface area (Å²) in [6, 6.07) is 0. The van der Waals surface area contributed by atoms with Crippen molar-refractivity contribution in [1.29, 1.82) is 0 Å². The maximum atomic E-state index is 10.9. The monoisotopic (exact) mass is 186 g/mol. The van der Waals surface area contributed by atoms with Crippen LogP contribution in [-0.2, 0) is 7.05 Å². The number of rotatable bonds is 2. The Balaban J connectivity index is 3.24. The first-order valence-corrected chi connectivity index (χ1v) is 3.18. The quantitative estimate of drug-likeness (QED) is 0.365. The summed E-state index contributed by atoms with van der Waals surface area (Å²) in [5.41, 5.74) is 1.00. The fourth-order valence-electron chi connectivity index (χ4n) is 0.866. The maximum Gasteiger partial charge on any atom is 0.395 e. The van der Waals surface area contributed by atoms with Gasteiger partial charge in [0.25, 0.3) is 5.91 Å². The first-order valence-electron chi connectivity index (χ1n) is 3.18. The molecule has 2 N–H and O–H groups in total. The van der Waals surface area contributed by atoms with Crippen LogP contribution in [0.4, 0.5) is 5.82 Å². The lowest BCUT2D eigenvalue weighted by Crippen LogP contribution is -2.22. The van der Waals surface area contributed by atoms with Crippen molar-refractivity contribution in [2.45, 2.75) is 0 Å². The zero-order valence-electron chi connectivity index (χ0n) is 6.59. The minimum atomic E-state index is -0.966. The number of aryl methyl sites for hydroxylation is 1. The zero-order chi connectivity index (χ0) is 10.0. The number of nitrogens with zero attached hydrogens (tertiary/aromatic N) is 3. The Labute approximate surface area is 71.9 Å². The van der Waals surface area contributed by atoms with Crippen LogP contribution in [0.1, 0.15) is 10.5 Å². The van der Waals surface area contributed by atoms with Gasteiger partial charge in [-0.05, 0) is 9.91 Å². The normalized spacial score (nSPS) is 9.69. The smallest absolute Gasteiger partial charge is 0.358 e. The highest BCUT2D eigenvalue weighted by atomic mass is 16.6. The van der Waals surface area contributed by atoms with E-state index in [4.69, 9.17) is 5.21 Å². The second-order valence-electron chi connectivity index (χ2n) is 2.23. The fraction of sp³-hybridized carbons (Fsp3) is 0.200. The predicted octanol–water partition coefficient (Wildman–Crippen LogP) is -0.553. The number of imidazole rings is 1. The predicted molar refractivity (Wildman–Crippen MR) is 39.1 cm³/mol. The second kappa shape index (κ2) is 3.19. The summed E-state index contributed by atoms with van der Waals surface area (Å²) in [5.74, 6) is -1.55. The highest BCUT2D eigenvalue weighted by Gasteiger charge is 2.25. The van der Waals surface area contributed by atoms with Gasteiger partial charge in [0, 0.05) is 7.05 Å². The molecule has 0 unspecified atom stereocenters. The molecular formula is C5H6N4O4. The molecule has 0 fully saturated rings. The van der Waals surface area contributed by atoms with Crippen molar-refractivity contribution >= 4 is 11.7 Å². The summed E-state index contributed by atoms with van der Waals surface area (Å²) in [7, 11) is 1.41. The zero-order valence-corrected chi connectivity index (χ0v) is 6.59. The summed E-state index contributed by atoms with van der Waals surface area (Å²) < 4.78 is 1.14. The molecule has 0 aliphatic rings. The minimum absolute atomic E-state index is 0.299. The van der Waals surface area contributed by atoms with Gasteiger partial charge in [0.1, 0.15) is 0 Å². The lowest BCUT2D eigenvalue weighted by Gasteiger charge is -1.97. The van der Waals surface area contributed by atoms with E-state index in [1.807, 2.05) is 0 Å². The van der Waals surface area contributed by atoms with E-state index in [-0.39, 0.29) is 5.69 Å². The van der Waals surface area contributed by atoms with E-state index in [2.05, 4.69) is 4.98 Å². The van der Waals surface area contributed by atoms with E-state index in [0.717, 1.165) is 10.9 Å². The highest BCUT2D eigenvalue weighted by molar-refractivity contribution is 5.95. The number of amides is 1. The lowest BCUT2D eigenvalue weighted by atomic mass is 10.4. The third-order valence-corrected chi connectivity index (χ3v) is 1.41. The Morgan fingerprint density at radius 1 is 1.85 bits per heavy atom. The van der Waals surface area contributed by atoms with Gasteiger partial charge in [-0.25, -0.2) is 5.48 Å². The molecular weight excluding hydrogens is 180 g/mol. The van der Waals surface area contributed by atoms with Gasteiger partial charge in [0.05, 0.1) is 0 Å². The van der Waals surface area contributed by atoms with Gasteiger partial charge in [0.15, 0.2) is 0 Å². The number of nitro groups is 1. The van der Waals surface area contributed by atoms with Crippen LogP contribution in [0, 0.1) is 10.1 Å². The summed E-state index contributed by atoms with van der Waals surface area (Å²) >= 11 is 0. The number of aromatic nitrogens is 2. The van der Waals surface area contributed by atoms with Crippen molar-refractivity contribution in [3.63, 3.8) is 0 Å². The van der Waals surface area contributed by atoms with Crippen LogP contribution in [0.3, 0.4) is 0 Å². The van der Waals surface area contributed by atoms with Gasteiger partial charge < -0.3 is 14.7 Å². The van der Waals surface area contributed by atoms with Crippen LogP contribution in [0.15, 0.2) is 6.33 Å². The summed E-state index contributed by atoms with van der Waals surface area (Å²) in [6.45, 7) is 0. The van der Waals surface area contributed by atoms with Crippen LogP contribution in [0.5, 0.6) is 0 Å². The average molecular weight is 186 g/mol. The van der Waals surface area contributed by atoms with Crippen molar-refractivity contribution in [3.8, 4) is 0 Å². The van der Waals surface area contributed by atoms with Crippen LogP contribution >= 0.6 is 0 Å². The summed E-state index contributed by atoms with van der Waals surface area (Å²) in [6.07, 6.45) is 1.11. The van der Waals surface area contributed by atoms with Crippen molar-refractivity contribution in [2.24, 2.45) is 7.05 Å². The van der Waals surface area contributed by atoms with E-state index in [1.54, 1.807) is 0 Å². The molecule has 8 heteroatoms. The maximum absolute atomic E-state index is 10.9. The lowest BCUT2D eigenvalue weighted by molar-refractivity contribution is -0.389.